The SMILES string of the molecule is CCC(O)/N=C1\Nc2ccc(C(F)(F)F)c(Cl)c2C(c2nc(OCc3ccccc3)ccc2F)=N[C@H]1C. The average molecular weight is 535 g/mol. The molecule has 2 heterocycles. The van der Waals surface area contributed by atoms with Crippen molar-refractivity contribution in [2.45, 2.75) is 45.3 Å². The van der Waals surface area contributed by atoms with Crippen molar-refractivity contribution in [1.29, 1.82) is 0 Å². The number of aliphatic hydroxyl groups is 1. The van der Waals surface area contributed by atoms with Gasteiger partial charge in [0.15, 0.2) is 5.82 Å². The van der Waals surface area contributed by atoms with Crippen LogP contribution in [0.1, 0.15) is 42.7 Å². The van der Waals surface area contributed by atoms with E-state index >= 15 is 4.39 Å². The molecule has 4 rings (SSSR count). The van der Waals surface area contributed by atoms with Crippen molar-refractivity contribution in [3.05, 3.63) is 87.8 Å². The summed E-state index contributed by atoms with van der Waals surface area (Å²) < 4.78 is 62.0. The van der Waals surface area contributed by atoms with Crippen LogP contribution in [0.2, 0.25) is 5.02 Å². The molecule has 1 aliphatic rings. The Bertz CT molecular complexity index is 1350. The number of alkyl halides is 3. The normalized spacial score (nSPS) is 17.5. The molecule has 0 aliphatic carbocycles. The van der Waals surface area contributed by atoms with Crippen LogP contribution in [0.4, 0.5) is 23.2 Å². The molecule has 2 aromatic carbocycles. The molecule has 0 fully saturated rings. The first-order valence-corrected chi connectivity index (χ1v) is 11.8. The summed E-state index contributed by atoms with van der Waals surface area (Å²) in [6, 6.07) is 12.8. The number of rotatable bonds is 6. The maximum Gasteiger partial charge on any atom is 0.417 e. The molecule has 1 aliphatic heterocycles. The number of aliphatic hydroxyl groups excluding tert-OH is 1. The molecule has 3 aromatic rings. The molecule has 0 bridgehead atoms. The van der Waals surface area contributed by atoms with Crippen LogP contribution >= 0.6 is 11.6 Å². The Balaban J connectivity index is 1.86. The van der Waals surface area contributed by atoms with Crippen molar-refractivity contribution in [3.8, 4) is 5.88 Å². The average Bonchev–Trinajstić information content (AvgIpc) is 3.00. The van der Waals surface area contributed by atoms with Gasteiger partial charge in [0.1, 0.15) is 30.4 Å². The number of nitrogens with zero attached hydrogens (tertiary/aromatic N) is 3. The lowest BCUT2D eigenvalue weighted by atomic mass is 10.0. The first kappa shape index (κ1) is 26.6. The van der Waals surface area contributed by atoms with Gasteiger partial charge in [0.25, 0.3) is 0 Å². The molecule has 11 heteroatoms. The Hall–Kier alpha value is -3.50. The summed E-state index contributed by atoms with van der Waals surface area (Å²) in [7, 11) is 0. The number of pyridine rings is 1. The highest BCUT2D eigenvalue weighted by atomic mass is 35.5. The molecule has 0 saturated carbocycles. The molecule has 0 saturated heterocycles. The van der Waals surface area contributed by atoms with Gasteiger partial charge in [-0.15, -0.1) is 0 Å². The van der Waals surface area contributed by atoms with Crippen LogP contribution in [-0.4, -0.2) is 33.9 Å². The van der Waals surface area contributed by atoms with Crippen LogP contribution in [0.25, 0.3) is 0 Å². The molecular weight excluding hydrogens is 512 g/mol. The number of hydrogen-bond acceptors (Lipinski definition) is 5. The zero-order valence-corrected chi connectivity index (χ0v) is 20.6. The van der Waals surface area contributed by atoms with Gasteiger partial charge < -0.3 is 15.2 Å². The molecule has 6 nitrogen and oxygen atoms in total. The van der Waals surface area contributed by atoms with Crippen molar-refractivity contribution in [3.63, 3.8) is 0 Å². The number of nitrogens with one attached hydrogen (secondary N) is 1. The van der Waals surface area contributed by atoms with Crippen LogP contribution in [0.15, 0.2) is 64.6 Å². The van der Waals surface area contributed by atoms with Crippen LogP contribution in [-0.2, 0) is 12.8 Å². The number of anilines is 1. The summed E-state index contributed by atoms with van der Waals surface area (Å²) in [5, 5.41) is 12.3. The van der Waals surface area contributed by atoms with Gasteiger partial charge in [0, 0.05) is 11.6 Å². The zero-order valence-electron chi connectivity index (χ0n) is 19.9. The van der Waals surface area contributed by atoms with Crippen molar-refractivity contribution in [1.82, 2.24) is 4.98 Å². The Morgan fingerprint density at radius 1 is 1.14 bits per heavy atom. The van der Waals surface area contributed by atoms with Gasteiger partial charge in [0.05, 0.1) is 22.0 Å². The van der Waals surface area contributed by atoms with Gasteiger partial charge in [0.2, 0.25) is 5.88 Å². The van der Waals surface area contributed by atoms with E-state index in [1.807, 2.05) is 30.3 Å². The highest BCUT2D eigenvalue weighted by Gasteiger charge is 2.37. The molecule has 37 heavy (non-hydrogen) atoms. The van der Waals surface area contributed by atoms with Gasteiger partial charge in [-0.25, -0.2) is 14.4 Å². The van der Waals surface area contributed by atoms with Crippen LogP contribution in [0.5, 0.6) is 5.88 Å². The van der Waals surface area contributed by atoms with E-state index in [1.165, 1.54) is 12.1 Å². The minimum Gasteiger partial charge on any atom is -0.473 e. The van der Waals surface area contributed by atoms with E-state index in [0.717, 1.165) is 17.7 Å². The van der Waals surface area contributed by atoms with Gasteiger partial charge in [-0.3, -0.25) is 4.99 Å². The van der Waals surface area contributed by atoms with E-state index in [1.54, 1.807) is 13.8 Å². The second kappa shape index (κ2) is 10.9. The quantitative estimate of drug-likeness (QED) is 0.366. The fourth-order valence-electron chi connectivity index (χ4n) is 3.67. The van der Waals surface area contributed by atoms with Crippen molar-refractivity contribution >= 4 is 28.8 Å². The van der Waals surface area contributed by atoms with Crippen LogP contribution in [0.3, 0.4) is 0 Å². The summed E-state index contributed by atoms with van der Waals surface area (Å²) in [5.74, 6) is -0.600. The van der Waals surface area contributed by atoms with E-state index in [4.69, 9.17) is 16.3 Å². The van der Waals surface area contributed by atoms with E-state index < -0.39 is 34.8 Å². The summed E-state index contributed by atoms with van der Waals surface area (Å²) in [6.45, 7) is 3.46. The fourth-order valence-corrected chi connectivity index (χ4v) is 4.03. The van der Waals surface area contributed by atoms with Gasteiger partial charge in [-0.05, 0) is 37.1 Å². The summed E-state index contributed by atoms with van der Waals surface area (Å²) in [4.78, 5) is 12.9. The smallest absolute Gasteiger partial charge is 0.417 e. The first-order valence-electron chi connectivity index (χ1n) is 11.4. The van der Waals surface area contributed by atoms with E-state index in [-0.39, 0.29) is 41.0 Å². The first-order chi connectivity index (χ1) is 17.6. The molecule has 2 N–H and O–H groups in total. The highest BCUT2D eigenvalue weighted by molar-refractivity contribution is 6.38. The monoisotopic (exact) mass is 534 g/mol. The Morgan fingerprint density at radius 3 is 2.54 bits per heavy atom. The standard InChI is InChI=1S/C26H23ClF4N4O2/c1-3-19(36)34-25-14(2)32-24(21-18(33-25)11-9-16(22(21)27)26(29,30)31)23-17(28)10-12-20(35-23)37-13-15-7-5-4-6-8-15/h4-12,14,19,36H,3,13H2,1-2H3,(H,33,34)/t14-,19?/m0/s1. The van der Waals surface area contributed by atoms with Crippen molar-refractivity contribution in [2.24, 2.45) is 9.98 Å². The number of halogens is 5. The number of benzodiazepines with no additional fused rings is 1. The van der Waals surface area contributed by atoms with Crippen molar-refractivity contribution in [2.75, 3.05) is 5.32 Å². The van der Waals surface area contributed by atoms with E-state index in [0.29, 0.717) is 6.42 Å². The largest absolute Gasteiger partial charge is 0.473 e. The maximum atomic E-state index is 15.1. The summed E-state index contributed by atoms with van der Waals surface area (Å²) in [6.07, 6.45) is -5.54. The molecule has 0 radical (unpaired) electrons. The third-order valence-corrected chi connectivity index (χ3v) is 5.99. The second-order valence-corrected chi connectivity index (χ2v) is 8.66. The van der Waals surface area contributed by atoms with E-state index in [9.17, 15) is 18.3 Å². The number of fused-ring (bicyclic) bond motifs is 1. The summed E-state index contributed by atoms with van der Waals surface area (Å²) in [5.41, 5.74) is -0.880. The fraction of sp³-hybridized carbons (Fsp3) is 0.269. The third kappa shape index (κ3) is 5.91. The number of aliphatic imine (C=N–C) groups is 2. The van der Waals surface area contributed by atoms with Crippen molar-refractivity contribution < 1.29 is 27.4 Å². The summed E-state index contributed by atoms with van der Waals surface area (Å²) >= 11 is 6.28. The van der Waals surface area contributed by atoms with Crippen LogP contribution in [0, 0.1) is 5.82 Å². The number of amidine groups is 1. The molecule has 0 spiro atoms. The molecule has 0 amide bonds. The third-order valence-electron chi connectivity index (χ3n) is 5.59. The van der Waals surface area contributed by atoms with Gasteiger partial charge in [-0.1, -0.05) is 48.9 Å². The van der Waals surface area contributed by atoms with E-state index in [2.05, 4.69) is 20.3 Å². The lowest BCUT2D eigenvalue weighted by Crippen LogP contribution is -2.25. The molecular formula is C26H23ClF4N4O2. The topological polar surface area (TPSA) is 79.1 Å². The maximum absolute atomic E-state index is 15.1. The van der Waals surface area contributed by atoms with Gasteiger partial charge in [-0.2, -0.15) is 13.2 Å². The Labute approximate surface area is 215 Å². The lowest BCUT2D eigenvalue weighted by Gasteiger charge is -2.17. The molecule has 194 valence electrons. The zero-order chi connectivity index (χ0) is 26.7. The molecule has 2 atom stereocenters. The number of benzene rings is 2. The predicted octanol–water partition coefficient (Wildman–Crippen LogP) is 6.25. The predicted molar refractivity (Wildman–Crippen MR) is 134 cm³/mol. The molecule has 1 aromatic heterocycles. The molecule has 1 unspecified atom stereocenters. The highest BCUT2D eigenvalue weighted by Crippen LogP contribution is 2.41. The Kier molecular flexibility index (Phi) is 7.79. The van der Waals surface area contributed by atoms with Gasteiger partial charge >= 0.3 is 6.18 Å². The minimum atomic E-state index is -4.77. The Morgan fingerprint density at radius 2 is 1.86 bits per heavy atom. The minimum absolute atomic E-state index is 0.0488. The second-order valence-electron chi connectivity index (χ2n) is 8.28. The number of aromatic nitrogens is 1. The van der Waals surface area contributed by atoms with Crippen LogP contribution < -0.4 is 10.1 Å². The number of hydrogen-bond donors (Lipinski definition) is 2. The lowest BCUT2D eigenvalue weighted by molar-refractivity contribution is -0.137. The number of ether oxygens (including phenoxy) is 1.